The highest BCUT2D eigenvalue weighted by molar-refractivity contribution is 9.08. The molecule has 90 valence electrons. The maximum absolute atomic E-state index is 11.1. The Hall–Kier alpha value is -1.17. The summed E-state index contributed by atoms with van der Waals surface area (Å²) < 4.78 is 22.2. The Bertz CT molecular complexity index is 623. The van der Waals surface area contributed by atoms with E-state index in [1.54, 1.807) is 6.07 Å². The van der Waals surface area contributed by atoms with Gasteiger partial charge in [-0.2, -0.15) is 5.26 Å². The highest BCUT2D eigenvalue weighted by Gasteiger charge is 2.23. The van der Waals surface area contributed by atoms with Crippen LogP contribution in [-0.4, -0.2) is 13.3 Å². The fourth-order valence-electron chi connectivity index (χ4n) is 1.17. The smallest absolute Gasteiger partial charge is 0.258 e. The minimum absolute atomic E-state index is 0.0643. The first-order valence-corrected chi connectivity index (χ1v) is 7.46. The molecule has 0 saturated carbocycles. The average molecular weight is 340 g/mol. The van der Waals surface area contributed by atoms with E-state index in [9.17, 15) is 18.5 Å². The summed E-state index contributed by atoms with van der Waals surface area (Å²) in [5.41, 5.74) is -0.447. The molecule has 0 unspecified atom stereocenters. The number of nitro groups is 1. The van der Waals surface area contributed by atoms with Crippen LogP contribution in [0.1, 0.15) is 11.1 Å². The second kappa shape index (κ2) is 5.00. The number of alkyl halides is 1. The summed E-state index contributed by atoms with van der Waals surface area (Å²) in [6.45, 7) is 0. The summed E-state index contributed by atoms with van der Waals surface area (Å²) in [6, 6.07) is 3.54. The van der Waals surface area contributed by atoms with Crippen LogP contribution in [0.15, 0.2) is 17.0 Å². The molecule has 0 atom stereocenters. The van der Waals surface area contributed by atoms with Gasteiger partial charge in [-0.1, -0.05) is 15.9 Å². The van der Waals surface area contributed by atoms with Gasteiger partial charge in [-0.15, -0.1) is 0 Å². The molecule has 1 rings (SSSR count). The Morgan fingerprint density at radius 1 is 1.53 bits per heavy atom. The Morgan fingerprint density at radius 3 is 2.47 bits per heavy atom. The Balaban J connectivity index is 3.71. The van der Waals surface area contributed by atoms with Gasteiger partial charge in [0, 0.05) is 22.1 Å². The van der Waals surface area contributed by atoms with Crippen molar-refractivity contribution in [3.05, 3.63) is 33.4 Å². The van der Waals surface area contributed by atoms with E-state index in [0.717, 1.165) is 12.1 Å². The van der Waals surface area contributed by atoms with Gasteiger partial charge in [0.2, 0.25) is 0 Å². The number of nitro benzene ring substituents is 1. The molecule has 0 aromatic heterocycles. The average Bonchev–Trinajstić information content (AvgIpc) is 2.25. The van der Waals surface area contributed by atoms with E-state index in [1.807, 2.05) is 0 Å². The highest BCUT2D eigenvalue weighted by atomic mass is 79.9. The number of benzene rings is 1. The number of hydrogen-bond donors (Lipinski definition) is 0. The second-order valence-electron chi connectivity index (χ2n) is 2.91. The lowest BCUT2D eigenvalue weighted by molar-refractivity contribution is -0.385. The third kappa shape index (κ3) is 2.94. The van der Waals surface area contributed by atoms with Crippen LogP contribution in [0.4, 0.5) is 5.69 Å². The molecule has 0 bridgehead atoms. The standard InChI is InChI=1S/C8H4BrClN2O4S/c9-3-7-5(4-11)1-6(17(10,15)16)2-8(7)12(13)14/h1-2H,3H2. The SMILES string of the molecule is N#Cc1cc(S(=O)(=O)Cl)cc([N+](=O)[O-])c1CBr. The van der Waals surface area contributed by atoms with Gasteiger partial charge in [0.1, 0.15) is 0 Å². The predicted octanol–water partition coefficient (Wildman–Crippen LogP) is 2.29. The molecule has 0 saturated heterocycles. The van der Waals surface area contributed by atoms with Gasteiger partial charge in [-0.05, 0) is 6.07 Å². The molecular formula is C8H4BrClN2O4S. The van der Waals surface area contributed by atoms with Crippen molar-refractivity contribution < 1.29 is 13.3 Å². The van der Waals surface area contributed by atoms with Crippen LogP contribution in [0.5, 0.6) is 0 Å². The summed E-state index contributed by atoms with van der Waals surface area (Å²) in [7, 11) is 0.973. The number of halogens is 2. The molecule has 6 nitrogen and oxygen atoms in total. The lowest BCUT2D eigenvalue weighted by atomic mass is 10.1. The van der Waals surface area contributed by atoms with Gasteiger partial charge in [0.15, 0.2) is 0 Å². The fourth-order valence-corrected chi connectivity index (χ4v) is 2.54. The van der Waals surface area contributed by atoms with Crippen molar-refractivity contribution in [1.82, 2.24) is 0 Å². The zero-order valence-electron chi connectivity index (χ0n) is 8.05. The van der Waals surface area contributed by atoms with Crippen molar-refractivity contribution in [2.24, 2.45) is 0 Å². The minimum atomic E-state index is -4.12. The van der Waals surface area contributed by atoms with Crippen molar-refractivity contribution in [2.45, 2.75) is 10.2 Å². The zero-order chi connectivity index (χ0) is 13.2. The Morgan fingerprint density at radius 2 is 2.12 bits per heavy atom. The normalized spacial score (nSPS) is 10.9. The van der Waals surface area contributed by atoms with Gasteiger partial charge in [0.25, 0.3) is 14.7 Å². The monoisotopic (exact) mass is 338 g/mol. The van der Waals surface area contributed by atoms with Gasteiger partial charge in [0.05, 0.1) is 27.0 Å². The number of hydrogen-bond acceptors (Lipinski definition) is 5. The highest BCUT2D eigenvalue weighted by Crippen LogP contribution is 2.29. The molecule has 0 aliphatic rings. The van der Waals surface area contributed by atoms with E-state index in [1.165, 1.54) is 0 Å². The summed E-state index contributed by atoms with van der Waals surface area (Å²) >= 11 is 3.01. The van der Waals surface area contributed by atoms with E-state index in [-0.39, 0.29) is 16.5 Å². The minimum Gasteiger partial charge on any atom is -0.258 e. The lowest BCUT2D eigenvalue weighted by Crippen LogP contribution is -2.01. The van der Waals surface area contributed by atoms with Crippen molar-refractivity contribution >= 4 is 41.4 Å². The summed E-state index contributed by atoms with van der Waals surface area (Å²) in [4.78, 5) is 9.54. The van der Waals surface area contributed by atoms with Crippen molar-refractivity contribution in [2.75, 3.05) is 0 Å². The molecule has 0 radical (unpaired) electrons. The Kier molecular flexibility index (Phi) is 4.08. The maximum Gasteiger partial charge on any atom is 0.276 e. The molecule has 17 heavy (non-hydrogen) atoms. The molecule has 0 fully saturated rings. The Labute approximate surface area is 110 Å². The van der Waals surface area contributed by atoms with E-state index < -0.39 is 24.6 Å². The molecule has 1 aromatic carbocycles. The van der Waals surface area contributed by atoms with E-state index in [2.05, 4.69) is 15.9 Å². The largest absolute Gasteiger partial charge is 0.276 e. The van der Waals surface area contributed by atoms with Gasteiger partial charge >= 0.3 is 0 Å². The fraction of sp³-hybridized carbons (Fsp3) is 0.125. The number of rotatable bonds is 3. The summed E-state index contributed by atoms with van der Waals surface area (Å²) in [5.74, 6) is 0. The molecule has 0 spiro atoms. The third-order valence-corrected chi connectivity index (χ3v) is 3.83. The topological polar surface area (TPSA) is 101 Å². The first kappa shape index (κ1) is 13.9. The van der Waals surface area contributed by atoms with Gasteiger partial charge in [-0.25, -0.2) is 8.42 Å². The third-order valence-electron chi connectivity index (χ3n) is 1.93. The first-order chi connectivity index (χ1) is 7.81. The van der Waals surface area contributed by atoms with Crippen LogP contribution >= 0.6 is 26.6 Å². The molecule has 0 amide bonds. The van der Waals surface area contributed by atoms with Crippen molar-refractivity contribution in [3.8, 4) is 6.07 Å². The molecular weight excluding hydrogens is 336 g/mol. The molecule has 0 aliphatic heterocycles. The predicted molar refractivity (Wildman–Crippen MR) is 63.5 cm³/mol. The van der Waals surface area contributed by atoms with Crippen LogP contribution in [0, 0.1) is 21.4 Å². The molecule has 0 heterocycles. The number of nitriles is 1. The summed E-state index contributed by atoms with van der Waals surface area (Å²) in [6.07, 6.45) is 0. The molecule has 1 aromatic rings. The van der Waals surface area contributed by atoms with Crippen molar-refractivity contribution in [3.63, 3.8) is 0 Å². The van der Waals surface area contributed by atoms with Crippen LogP contribution in [0.3, 0.4) is 0 Å². The van der Waals surface area contributed by atoms with Gasteiger partial charge in [-0.3, -0.25) is 10.1 Å². The van der Waals surface area contributed by atoms with E-state index in [0.29, 0.717) is 0 Å². The molecule has 9 heteroatoms. The van der Waals surface area contributed by atoms with Crippen molar-refractivity contribution in [1.29, 1.82) is 5.26 Å². The van der Waals surface area contributed by atoms with Crippen LogP contribution < -0.4 is 0 Å². The first-order valence-electron chi connectivity index (χ1n) is 4.03. The van der Waals surface area contributed by atoms with Gasteiger partial charge < -0.3 is 0 Å². The number of nitrogens with zero attached hydrogens (tertiary/aromatic N) is 2. The summed E-state index contributed by atoms with van der Waals surface area (Å²) in [5, 5.41) is 19.6. The maximum atomic E-state index is 11.1. The van der Waals surface area contributed by atoms with E-state index in [4.69, 9.17) is 15.9 Å². The zero-order valence-corrected chi connectivity index (χ0v) is 11.2. The van der Waals surface area contributed by atoms with Crippen LogP contribution in [0.25, 0.3) is 0 Å². The van der Waals surface area contributed by atoms with E-state index >= 15 is 0 Å². The quantitative estimate of drug-likeness (QED) is 0.364. The second-order valence-corrected chi connectivity index (χ2v) is 6.04. The van der Waals surface area contributed by atoms with Crippen LogP contribution in [0.2, 0.25) is 0 Å². The van der Waals surface area contributed by atoms with Crippen LogP contribution in [-0.2, 0) is 14.4 Å². The lowest BCUT2D eigenvalue weighted by Gasteiger charge is -2.04. The molecule has 0 N–H and O–H groups in total. The molecule has 0 aliphatic carbocycles.